The van der Waals surface area contributed by atoms with Crippen molar-refractivity contribution < 1.29 is 9.53 Å². The molecule has 0 N–H and O–H groups in total. The Bertz CT molecular complexity index is 637. The van der Waals surface area contributed by atoms with E-state index in [0.29, 0.717) is 12.3 Å². The van der Waals surface area contributed by atoms with Gasteiger partial charge in [-0.2, -0.15) is 0 Å². The topological polar surface area (TPSA) is 29.5 Å². The first kappa shape index (κ1) is 12.7. The van der Waals surface area contributed by atoms with Gasteiger partial charge in [0.2, 0.25) is 0 Å². The summed E-state index contributed by atoms with van der Waals surface area (Å²) >= 11 is 0. The first-order valence-electron chi connectivity index (χ1n) is 6.85. The Morgan fingerprint density at radius 3 is 2.95 bits per heavy atom. The molecular weight excluding hydrogens is 250 g/mol. The summed E-state index contributed by atoms with van der Waals surface area (Å²) in [6.45, 7) is 3.46. The van der Waals surface area contributed by atoms with Crippen molar-refractivity contribution in [2.24, 2.45) is 0 Å². The second kappa shape index (κ2) is 5.37. The molecule has 0 atom stereocenters. The van der Waals surface area contributed by atoms with Crippen molar-refractivity contribution in [3.63, 3.8) is 0 Å². The van der Waals surface area contributed by atoms with Crippen LogP contribution in [0.5, 0.6) is 5.75 Å². The molecular formula is C17H17NO2. The minimum Gasteiger partial charge on any atom is -0.473 e. The highest BCUT2D eigenvalue weighted by atomic mass is 16.5. The lowest BCUT2D eigenvalue weighted by Crippen LogP contribution is -2.31. The molecule has 0 aromatic heterocycles. The highest BCUT2D eigenvalue weighted by molar-refractivity contribution is 5.75. The van der Waals surface area contributed by atoms with Gasteiger partial charge in [0.05, 0.1) is 0 Å². The third-order valence-corrected chi connectivity index (χ3v) is 3.64. The Kier molecular flexibility index (Phi) is 3.42. The summed E-state index contributed by atoms with van der Waals surface area (Å²) in [5, 5.41) is 0. The summed E-state index contributed by atoms with van der Waals surface area (Å²) in [4.78, 5) is 13.0. The van der Waals surface area contributed by atoms with Crippen LogP contribution in [0.15, 0.2) is 42.5 Å². The molecule has 20 heavy (non-hydrogen) atoms. The number of carbonyl (C=O) groups is 1. The standard InChI is InChI=1S/C17H17NO2/c1-2-13-4-3-5-16(9-13)18-10-15-8-14(11-19)6-7-17(15)20-12-18/h3-9,11H,2,10,12H2,1H3. The largest absolute Gasteiger partial charge is 0.473 e. The van der Waals surface area contributed by atoms with E-state index in [4.69, 9.17) is 4.74 Å². The average molecular weight is 267 g/mol. The van der Waals surface area contributed by atoms with Crippen molar-refractivity contribution in [2.45, 2.75) is 19.9 Å². The van der Waals surface area contributed by atoms with Gasteiger partial charge in [-0.1, -0.05) is 19.1 Å². The van der Waals surface area contributed by atoms with Crippen molar-refractivity contribution in [3.8, 4) is 5.75 Å². The normalized spacial score (nSPS) is 13.6. The van der Waals surface area contributed by atoms with Gasteiger partial charge in [0.1, 0.15) is 12.0 Å². The molecule has 0 spiro atoms. The number of benzene rings is 2. The molecule has 0 saturated heterocycles. The zero-order chi connectivity index (χ0) is 13.9. The molecule has 102 valence electrons. The third-order valence-electron chi connectivity index (χ3n) is 3.64. The Morgan fingerprint density at radius 2 is 2.15 bits per heavy atom. The Balaban J connectivity index is 1.88. The van der Waals surface area contributed by atoms with E-state index < -0.39 is 0 Å². The fourth-order valence-electron chi connectivity index (χ4n) is 2.47. The van der Waals surface area contributed by atoms with Crippen LogP contribution in [0.3, 0.4) is 0 Å². The second-order valence-corrected chi connectivity index (χ2v) is 4.98. The molecule has 2 aromatic rings. The molecule has 0 radical (unpaired) electrons. The lowest BCUT2D eigenvalue weighted by molar-refractivity contribution is 0.112. The number of fused-ring (bicyclic) bond motifs is 1. The van der Waals surface area contributed by atoms with E-state index in [-0.39, 0.29) is 0 Å². The number of hydrogen-bond acceptors (Lipinski definition) is 3. The van der Waals surface area contributed by atoms with E-state index >= 15 is 0 Å². The molecule has 0 aliphatic carbocycles. The second-order valence-electron chi connectivity index (χ2n) is 4.98. The molecule has 0 saturated carbocycles. The average Bonchev–Trinajstić information content (AvgIpc) is 2.53. The van der Waals surface area contributed by atoms with Crippen molar-refractivity contribution in [1.29, 1.82) is 0 Å². The van der Waals surface area contributed by atoms with Crippen LogP contribution in [0.1, 0.15) is 28.4 Å². The highest BCUT2D eigenvalue weighted by Gasteiger charge is 2.18. The number of carbonyl (C=O) groups excluding carboxylic acids is 1. The smallest absolute Gasteiger partial charge is 0.161 e. The summed E-state index contributed by atoms with van der Waals surface area (Å²) < 4.78 is 5.77. The maximum atomic E-state index is 10.9. The molecule has 0 amide bonds. The van der Waals surface area contributed by atoms with Gasteiger partial charge in [-0.25, -0.2) is 0 Å². The molecule has 1 aliphatic rings. The minimum absolute atomic E-state index is 0.542. The molecule has 1 aliphatic heterocycles. The van der Waals surface area contributed by atoms with Crippen molar-refractivity contribution >= 4 is 12.0 Å². The van der Waals surface area contributed by atoms with E-state index in [0.717, 1.165) is 36.3 Å². The van der Waals surface area contributed by atoms with Crippen LogP contribution in [0.2, 0.25) is 0 Å². The molecule has 2 aromatic carbocycles. The van der Waals surface area contributed by atoms with Gasteiger partial charge in [-0.15, -0.1) is 0 Å². The summed E-state index contributed by atoms with van der Waals surface area (Å²) in [6, 6.07) is 14.1. The molecule has 0 unspecified atom stereocenters. The number of ether oxygens (including phenoxy) is 1. The fourth-order valence-corrected chi connectivity index (χ4v) is 2.47. The summed E-state index contributed by atoms with van der Waals surface area (Å²) in [6.07, 6.45) is 1.89. The van der Waals surface area contributed by atoms with Crippen LogP contribution in [-0.2, 0) is 13.0 Å². The summed E-state index contributed by atoms with van der Waals surface area (Å²) in [5.41, 5.74) is 4.22. The quantitative estimate of drug-likeness (QED) is 0.798. The number of rotatable bonds is 3. The lowest BCUT2D eigenvalue weighted by Gasteiger charge is -2.31. The Labute approximate surface area is 118 Å². The van der Waals surface area contributed by atoms with Crippen molar-refractivity contribution in [2.75, 3.05) is 11.6 Å². The van der Waals surface area contributed by atoms with Gasteiger partial charge >= 0.3 is 0 Å². The summed E-state index contributed by atoms with van der Waals surface area (Å²) in [7, 11) is 0. The Morgan fingerprint density at radius 1 is 1.25 bits per heavy atom. The van der Waals surface area contributed by atoms with Crippen LogP contribution in [0.25, 0.3) is 0 Å². The number of nitrogens with zero attached hydrogens (tertiary/aromatic N) is 1. The van der Waals surface area contributed by atoms with Gasteiger partial charge in [-0.05, 0) is 42.3 Å². The van der Waals surface area contributed by atoms with Crippen molar-refractivity contribution in [3.05, 3.63) is 59.2 Å². The lowest BCUT2D eigenvalue weighted by atomic mass is 10.1. The van der Waals surface area contributed by atoms with Crippen LogP contribution in [0, 0.1) is 0 Å². The molecule has 1 heterocycles. The van der Waals surface area contributed by atoms with Gasteiger partial charge in [0, 0.05) is 23.4 Å². The SMILES string of the molecule is CCc1cccc(N2COc3ccc(C=O)cc3C2)c1. The first-order chi connectivity index (χ1) is 9.80. The van der Waals surface area contributed by atoms with Crippen LogP contribution < -0.4 is 9.64 Å². The molecule has 3 nitrogen and oxygen atoms in total. The predicted molar refractivity (Wildman–Crippen MR) is 79.3 cm³/mol. The molecule has 3 heteroatoms. The van der Waals surface area contributed by atoms with E-state index in [1.165, 1.54) is 5.56 Å². The zero-order valence-electron chi connectivity index (χ0n) is 11.5. The van der Waals surface area contributed by atoms with Gasteiger partial charge in [0.15, 0.2) is 6.73 Å². The zero-order valence-corrected chi connectivity index (χ0v) is 11.5. The molecule has 0 fully saturated rings. The van der Waals surface area contributed by atoms with Crippen LogP contribution >= 0.6 is 0 Å². The first-order valence-corrected chi connectivity index (χ1v) is 6.85. The number of aryl methyl sites for hydroxylation is 1. The monoisotopic (exact) mass is 267 g/mol. The molecule has 3 rings (SSSR count). The van der Waals surface area contributed by atoms with Gasteiger partial charge in [0.25, 0.3) is 0 Å². The minimum atomic E-state index is 0.542. The molecule has 0 bridgehead atoms. The van der Waals surface area contributed by atoms with E-state index in [2.05, 4.69) is 36.1 Å². The van der Waals surface area contributed by atoms with Crippen LogP contribution in [-0.4, -0.2) is 13.0 Å². The van der Waals surface area contributed by atoms with E-state index in [9.17, 15) is 4.79 Å². The van der Waals surface area contributed by atoms with Crippen LogP contribution in [0.4, 0.5) is 5.69 Å². The maximum Gasteiger partial charge on any atom is 0.161 e. The van der Waals surface area contributed by atoms with Gasteiger partial charge in [-0.3, -0.25) is 4.79 Å². The van der Waals surface area contributed by atoms with Gasteiger partial charge < -0.3 is 9.64 Å². The number of anilines is 1. The van der Waals surface area contributed by atoms with Crippen molar-refractivity contribution in [1.82, 2.24) is 0 Å². The van der Waals surface area contributed by atoms with E-state index in [1.807, 2.05) is 12.1 Å². The number of hydrogen-bond donors (Lipinski definition) is 0. The maximum absolute atomic E-state index is 10.9. The highest BCUT2D eigenvalue weighted by Crippen LogP contribution is 2.29. The predicted octanol–water partition coefficient (Wildman–Crippen LogP) is 3.42. The summed E-state index contributed by atoms with van der Waals surface area (Å²) in [5.74, 6) is 0.874. The Hall–Kier alpha value is -2.29. The van der Waals surface area contributed by atoms with E-state index in [1.54, 1.807) is 6.07 Å². The third kappa shape index (κ3) is 2.39. The fraction of sp³-hybridized carbons (Fsp3) is 0.235. The number of aldehydes is 1.